The van der Waals surface area contributed by atoms with E-state index in [0.717, 1.165) is 18.7 Å². The van der Waals surface area contributed by atoms with Gasteiger partial charge in [0, 0.05) is 18.4 Å². The van der Waals surface area contributed by atoms with E-state index in [-0.39, 0.29) is 18.2 Å². The van der Waals surface area contributed by atoms with Crippen LogP contribution in [0.1, 0.15) is 24.7 Å². The van der Waals surface area contributed by atoms with Gasteiger partial charge in [0.2, 0.25) is 0 Å². The van der Waals surface area contributed by atoms with Gasteiger partial charge in [-0.05, 0) is 26.8 Å². The van der Waals surface area contributed by atoms with Crippen molar-refractivity contribution in [1.82, 2.24) is 14.9 Å². The summed E-state index contributed by atoms with van der Waals surface area (Å²) >= 11 is 0. The van der Waals surface area contributed by atoms with Crippen LogP contribution in [0.5, 0.6) is 0 Å². The van der Waals surface area contributed by atoms with Crippen LogP contribution in [0.25, 0.3) is 0 Å². The molecule has 1 aromatic rings. The number of hydrogen-bond donors (Lipinski definition) is 2. The Balaban J connectivity index is 2.18. The average molecular weight is 195 g/mol. The Morgan fingerprint density at radius 1 is 1.57 bits per heavy atom. The number of imidazole rings is 1. The second-order valence-electron chi connectivity index (χ2n) is 3.91. The fraction of sp³-hybridized carbons (Fsp3) is 0.700. The summed E-state index contributed by atoms with van der Waals surface area (Å²) < 4.78 is 2.07. The SMILES string of the molecule is CN[C@@H]1CC[C@@H](n2ccnc2C)[C@@H]1O. The molecule has 2 N–H and O–H groups in total. The lowest BCUT2D eigenvalue weighted by molar-refractivity contribution is 0.111. The van der Waals surface area contributed by atoms with E-state index in [2.05, 4.69) is 14.9 Å². The van der Waals surface area contributed by atoms with Crippen molar-refractivity contribution in [2.24, 2.45) is 0 Å². The normalized spacial score (nSPS) is 32.4. The molecule has 0 unspecified atom stereocenters. The minimum absolute atomic E-state index is 0.190. The molecule has 78 valence electrons. The van der Waals surface area contributed by atoms with E-state index in [1.807, 2.05) is 20.2 Å². The molecule has 0 aliphatic heterocycles. The Labute approximate surface area is 84.0 Å². The fourth-order valence-electron chi connectivity index (χ4n) is 2.32. The van der Waals surface area contributed by atoms with Gasteiger partial charge >= 0.3 is 0 Å². The van der Waals surface area contributed by atoms with Crippen molar-refractivity contribution in [3.63, 3.8) is 0 Å². The first-order valence-electron chi connectivity index (χ1n) is 5.09. The van der Waals surface area contributed by atoms with Gasteiger partial charge in [-0.3, -0.25) is 0 Å². The van der Waals surface area contributed by atoms with Crippen molar-refractivity contribution < 1.29 is 5.11 Å². The highest BCUT2D eigenvalue weighted by Gasteiger charge is 2.35. The quantitative estimate of drug-likeness (QED) is 0.721. The minimum Gasteiger partial charge on any atom is -0.389 e. The third-order valence-corrected chi connectivity index (χ3v) is 3.17. The maximum absolute atomic E-state index is 10.0. The number of rotatable bonds is 2. The minimum atomic E-state index is -0.298. The molecule has 0 aromatic carbocycles. The molecule has 1 aliphatic carbocycles. The Morgan fingerprint density at radius 3 is 2.86 bits per heavy atom. The second-order valence-corrected chi connectivity index (χ2v) is 3.91. The highest BCUT2D eigenvalue weighted by atomic mass is 16.3. The van der Waals surface area contributed by atoms with Gasteiger partial charge in [-0.2, -0.15) is 0 Å². The Bertz CT molecular complexity index is 310. The largest absolute Gasteiger partial charge is 0.389 e. The Morgan fingerprint density at radius 2 is 2.36 bits per heavy atom. The smallest absolute Gasteiger partial charge is 0.105 e. The lowest BCUT2D eigenvalue weighted by Gasteiger charge is -2.21. The van der Waals surface area contributed by atoms with Crippen molar-refractivity contribution in [1.29, 1.82) is 0 Å². The molecule has 1 saturated carbocycles. The summed E-state index contributed by atoms with van der Waals surface area (Å²) in [6, 6.07) is 0.414. The molecule has 4 heteroatoms. The predicted octanol–water partition coefficient (Wildman–Crippen LogP) is 0.475. The van der Waals surface area contributed by atoms with Crippen molar-refractivity contribution in [2.45, 2.75) is 38.0 Å². The maximum Gasteiger partial charge on any atom is 0.105 e. The van der Waals surface area contributed by atoms with E-state index in [1.54, 1.807) is 6.20 Å². The molecule has 0 saturated heterocycles. The number of hydrogen-bond acceptors (Lipinski definition) is 3. The molecule has 1 fully saturated rings. The van der Waals surface area contributed by atoms with Crippen molar-refractivity contribution in [3.05, 3.63) is 18.2 Å². The van der Waals surface area contributed by atoms with E-state index < -0.39 is 0 Å². The van der Waals surface area contributed by atoms with Crippen LogP contribution in [-0.4, -0.2) is 33.9 Å². The van der Waals surface area contributed by atoms with E-state index in [9.17, 15) is 5.11 Å². The molecule has 14 heavy (non-hydrogen) atoms. The van der Waals surface area contributed by atoms with Crippen LogP contribution in [0, 0.1) is 6.92 Å². The second kappa shape index (κ2) is 3.71. The molecule has 0 radical (unpaired) electrons. The molecule has 3 atom stereocenters. The molecule has 1 aromatic heterocycles. The van der Waals surface area contributed by atoms with Gasteiger partial charge < -0.3 is 15.0 Å². The maximum atomic E-state index is 10.0. The summed E-state index contributed by atoms with van der Waals surface area (Å²) in [6.07, 6.45) is 5.48. The van der Waals surface area contributed by atoms with Gasteiger partial charge in [-0.1, -0.05) is 0 Å². The fourth-order valence-corrected chi connectivity index (χ4v) is 2.32. The van der Waals surface area contributed by atoms with Crippen LogP contribution in [-0.2, 0) is 0 Å². The predicted molar refractivity (Wildman–Crippen MR) is 54.1 cm³/mol. The lowest BCUT2D eigenvalue weighted by Crippen LogP contribution is -2.36. The highest BCUT2D eigenvalue weighted by molar-refractivity contribution is 5.00. The summed E-state index contributed by atoms with van der Waals surface area (Å²) in [6.45, 7) is 1.97. The Hall–Kier alpha value is -0.870. The third kappa shape index (κ3) is 1.44. The highest BCUT2D eigenvalue weighted by Crippen LogP contribution is 2.30. The summed E-state index contributed by atoms with van der Waals surface area (Å²) in [5, 5.41) is 13.2. The zero-order valence-electron chi connectivity index (χ0n) is 8.64. The number of nitrogens with one attached hydrogen (secondary N) is 1. The van der Waals surface area contributed by atoms with E-state index >= 15 is 0 Å². The van der Waals surface area contributed by atoms with Gasteiger partial charge in [-0.25, -0.2) is 4.98 Å². The van der Waals surface area contributed by atoms with E-state index in [0.29, 0.717) is 0 Å². The first-order valence-corrected chi connectivity index (χ1v) is 5.09. The lowest BCUT2D eigenvalue weighted by atomic mass is 10.2. The number of aliphatic hydroxyl groups is 1. The number of aromatic nitrogens is 2. The molecule has 0 bridgehead atoms. The zero-order valence-corrected chi connectivity index (χ0v) is 8.64. The van der Waals surface area contributed by atoms with Crippen LogP contribution in [0.15, 0.2) is 12.4 Å². The van der Waals surface area contributed by atoms with Crippen LogP contribution in [0.4, 0.5) is 0 Å². The first kappa shape index (κ1) is 9.68. The monoisotopic (exact) mass is 195 g/mol. The topological polar surface area (TPSA) is 50.1 Å². The third-order valence-electron chi connectivity index (χ3n) is 3.17. The molecule has 0 spiro atoms. The van der Waals surface area contributed by atoms with Gasteiger partial charge in [-0.15, -0.1) is 0 Å². The molecule has 0 amide bonds. The summed E-state index contributed by atoms with van der Waals surface area (Å²) in [5.41, 5.74) is 0. The number of likely N-dealkylation sites (N-methyl/N-ethyl adjacent to an activating group) is 1. The van der Waals surface area contributed by atoms with Crippen molar-refractivity contribution >= 4 is 0 Å². The van der Waals surface area contributed by atoms with Crippen molar-refractivity contribution in [3.8, 4) is 0 Å². The van der Waals surface area contributed by atoms with Gasteiger partial charge in [0.15, 0.2) is 0 Å². The molecule has 1 heterocycles. The molecule has 4 nitrogen and oxygen atoms in total. The Kier molecular flexibility index (Phi) is 2.56. The van der Waals surface area contributed by atoms with Crippen LogP contribution in [0.3, 0.4) is 0 Å². The number of aryl methyl sites for hydroxylation is 1. The molecular weight excluding hydrogens is 178 g/mol. The number of aliphatic hydroxyl groups excluding tert-OH is 1. The van der Waals surface area contributed by atoms with Crippen LogP contribution < -0.4 is 5.32 Å². The zero-order chi connectivity index (χ0) is 10.1. The van der Waals surface area contributed by atoms with Crippen molar-refractivity contribution in [2.75, 3.05) is 7.05 Å². The molecule has 1 aliphatic rings. The van der Waals surface area contributed by atoms with E-state index in [4.69, 9.17) is 0 Å². The number of nitrogens with zero attached hydrogens (tertiary/aromatic N) is 2. The first-order chi connectivity index (χ1) is 6.74. The standard InChI is InChI=1S/C10H17N3O/c1-7-12-5-6-13(7)9-4-3-8(11-2)10(9)14/h5-6,8-11,14H,3-4H2,1-2H3/t8-,9-,10-/m1/s1. The molecular formula is C10H17N3O. The van der Waals surface area contributed by atoms with Gasteiger partial charge in [0.05, 0.1) is 12.1 Å². The van der Waals surface area contributed by atoms with Gasteiger partial charge in [0.1, 0.15) is 5.82 Å². The summed E-state index contributed by atoms with van der Waals surface area (Å²) in [7, 11) is 1.90. The van der Waals surface area contributed by atoms with Gasteiger partial charge in [0.25, 0.3) is 0 Å². The summed E-state index contributed by atoms with van der Waals surface area (Å²) in [4.78, 5) is 4.18. The van der Waals surface area contributed by atoms with Crippen LogP contribution >= 0.6 is 0 Å². The summed E-state index contributed by atoms with van der Waals surface area (Å²) in [5.74, 6) is 0.978. The van der Waals surface area contributed by atoms with Crippen LogP contribution in [0.2, 0.25) is 0 Å². The molecule has 2 rings (SSSR count). The van der Waals surface area contributed by atoms with E-state index in [1.165, 1.54) is 0 Å². The average Bonchev–Trinajstić information content (AvgIpc) is 2.72.